The number of carbonyl (C=O) groups is 1. The second-order valence-corrected chi connectivity index (χ2v) is 3.22. The van der Waals surface area contributed by atoms with Crippen molar-refractivity contribution >= 4 is 5.97 Å². The largest absolute Gasteiger partial charge is 0.481 e. The van der Waals surface area contributed by atoms with E-state index in [1.54, 1.807) is 0 Å². The molecule has 0 atom stereocenters. The van der Waals surface area contributed by atoms with Crippen molar-refractivity contribution in [2.45, 2.75) is 32.2 Å². The first-order valence-corrected chi connectivity index (χ1v) is 4.70. The predicted molar refractivity (Wildman–Crippen MR) is 51.8 cm³/mol. The molecule has 7 nitrogen and oxygen atoms in total. The smallest absolute Gasteiger partial charge is 0.344 e. The van der Waals surface area contributed by atoms with E-state index in [1.807, 2.05) is 0 Å². The molecule has 3 N–H and O–H groups in total. The molecule has 0 spiro atoms. The average molecular weight is 215 g/mol. The van der Waals surface area contributed by atoms with Gasteiger partial charge in [0.25, 0.3) is 0 Å². The Balaban J connectivity index is 2.29. The molecule has 1 aromatic rings. The summed E-state index contributed by atoms with van der Waals surface area (Å²) in [5.74, 6) is -0.827. The molecular weight excluding hydrogens is 202 g/mol. The van der Waals surface area contributed by atoms with Crippen LogP contribution in [0.1, 0.15) is 25.7 Å². The van der Waals surface area contributed by atoms with E-state index in [0.717, 1.165) is 4.57 Å². The van der Waals surface area contributed by atoms with E-state index in [4.69, 9.17) is 5.11 Å². The lowest BCUT2D eigenvalue weighted by Gasteiger charge is -1.98. The molecule has 0 bridgehead atoms. The number of carboxylic acid groups (broad SMARTS) is 1. The fourth-order valence-corrected chi connectivity index (χ4v) is 1.26. The SMILES string of the molecule is O=C(O)CCCCCn1c(=O)[nH][nH]c1=O. The summed E-state index contributed by atoms with van der Waals surface area (Å²) in [5, 5.41) is 12.7. The van der Waals surface area contributed by atoms with Crippen LogP contribution in [0.5, 0.6) is 0 Å². The van der Waals surface area contributed by atoms with Crippen molar-refractivity contribution in [3.8, 4) is 0 Å². The Labute approximate surface area is 84.7 Å². The monoisotopic (exact) mass is 215 g/mol. The first kappa shape index (κ1) is 11.3. The van der Waals surface area contributed by atoms with E-state index in [1.165, 1.54) is 0 Å². The predicted octanol–water partition coefficient (Wildman–Crippen LogP) is -0.490. The fraction of sp³-hybridized carbons (Fsp3) is 0.625. The number of aromatic amines is 2. The van der Waals surface area contributed by atoms with Gasteiger partial charge in [0, 0.05) is 13.0 Å². The highest BCUT2D eigenvalue weighted by atomic mass is 16.4. The van der Waals surface area contributed by atoms with Crippen LogP contribution in [-0.2, 0) is 11.3 Å². The highest BCUT2D eigenvalue weighted by molar-refractivity contribution is 5.66. The molecule has 1 heterocycles. The zero-order valence-electron chi connectivity index (χ0n) is 8.15. The molecule has 7 heteroatoms. The molecule has 0 amide bonds. The Bertz CT molecular complexity index is 400. The third-order valence-corrected chi connectivity index (χ3v) is 2.04. The number of aromatic nitrogens is 3. The van der Waals surface area contributed by atoms with Gasteiger partial charge < -0.3 is 5.11 Å². The molecule has 0 unspecified atom stereocenters. The summed E-state index contributed by atoms with van der Waals surface area (Å²) in [6.07, 6.45) is 1.99. The molecule has 84 valence electrons. The van der Waals surface area contributed by atoms with Gasteiger partial charge in [0.2, 0.25) is 0 Å². The third-order valence-electron chi connectivity index (χ3n) is 2.04. The molecular formula is C8H13N3O4. The van der Waals surface area contributed by atoms with Gasteiger partial charge in [-0.3, -0.25) is 4.79 Å². The Morgan fingerprint density at radius 3 is 2.27 bits per heavy atom. The van der Waals surface area contributed by atoms with Crippen molar-refractivity contribution in [3.63, 3.8) is 0 Å². The van der Waals surface area contributed by atoms with Crippen molar-refractivity contribution in [1.82, 2.24) is 14.8 Å². The number of nitrogens with zero attached hydrogens (tertiary/aromatic N) is 1. The summed E-state index contributed by atoms with van der Waals surface area (Å²) in [5.41, 5.74) is -0.920. The Morgan fingerprint density at radius 2 is 1.73 bits per heavy atom. The lowest BCUT2D eigenvalue weighted by atomic mass is 10.2. The van der Waals surface area contributed by atoms with Gasteiger partial charge in [0.15, 0.2) is 0 Å². The molecule has 1 rings (SSSR count). The summed E-state index contributed by atoms with van der Waals surface area (Å²) in [6.45, 7) is 0.317. The van der Waals surface area contributed by atoms with Gasteiger partial charge >= 0.3 is 17.3 Å². The molecule has 0 fully saturated rings. The van der Waals surface area contributed by atoms with Crippen molar-refractivity contribution < 1.29 is 9.90 Å². The molecule has 0 saturated heterocycles. The summed E-state index contributed by atoms with van der Waals surface area (Å²) >= 11 is 0. The van der Waals surface area contributed by atoms with Crippen LogP contribution in [0.15, 0.2) is 9.59 Å². The van der Waals surface area contributed by atoms with E-state index in [2.05, 4.69) is 10.2 Å². The van der Waals surface area contributed by atoms with Crippen molar-refractivity contribution in [2.75, 3.05) is 0 Å². The summed E-state index contributed by atoms with van der Waals surface area (Å²) in [7, 11) is 0. The number of nitrogens with one attached hydrogen (secondary N) is 2. The van der Waals surface area contributed by atoms with Crippen LogP contribution in [0, 0.1) is 0 Å². The van der Waals surface area contributed by atoms with Gasteiger partial charge in [-0.25, -0.2) is 24.4 Å². The van der Waals surface area contributed by atoms with Gasteiger partial charge in [-0.05, 0) is 12.8 Å². The van der Waals surface area contributed by atoms with Gasteiger partial charge in [0.1, 0.15) is 0 Å². The molecule has 1 aromatic heterocycles. The van der Waals surface area contributed by atoms with Gasteiger partial charge in [-0.1, -0.05) is 6.42 Å². The normalized spacial score (nSPS) is 10.4. The van der Waals surface area contributed by atoms with Gasteiger partial charge in [0.05, 0.1) is 0 Å². The van der Waals surface area contributed by atoms with E-state index in [9.17, 15) is 14.4 Å². The van der Waals surface area contributed by atoms with Crippen LogP contribution in [0.4, 0.5) is 0 Å². The summed E-state index contributed by atoms with van der Waals surface area (Å²) < 4.78 is 1.06. The van der Waals surface area contributed by atoms with E-state index >= 15 is 0 Å². The molecule has 0 radical (unpaired) electrons. The lowest BCUT2D eigenvalue weighted by molar-refractivity contribution is -0.137. The number of rotatable bonds is 6. The van der Waals surface area contributed by atoms with E-state index in [0.29, 0.717) is 25.8 Å². The number of hydrogen-bond acceptors (Lipinski definition) is 3. The van der Waals surface area contributed by atoms with E-state index < -0.39 is 17.3 Å². The zero-order valence-corrected chi connectivity index (χ0v) is 8.15. The summed E-state index contributed by atoms with van der Waals surface area (Å²) in [4.78, 5) is 32.2. The minimum absolute atomic E-state index is 0.123. The molecule has 0 aromatic carbocycles. The highest BCUT2D eigenvalue weighted by Gasteiger charge is 2.02. The fourth-order valence-electron chi connectivity index (χ4n) is 1.26. The van der Waals surface area contributed by atoms with Crippen molar-refractivity contribution in [2.24, 2.45) is 0 Å². The highest BCUT2D eigenvalue weighted by Crippen LogP contribution is 1.99. The Kier molecular flexibility index (Phi) is 3.90. The average Bonchev–Trinajstić information content (AvgIpc) is 2.47. The quantitative estimate of drug-likeness (QED) is 0.556. The number of hydrogen-bond donors (Lipinski definition) is 3. The standard InChI is InChI=1S/C8H13N3O4/c12-6(13)4-2-1-3-5-11-7(14)9-10-8(11)15/h1-5H2,(H,9,14)(H,10,15)(H,12,13). The third kappa shape index (κ3) is 3.45. The minimum atomic E-state index is -0.827. The zero-order chi connectivity index (χ0) is 11.3. The molecule has 0 saturated carbocycles. The number of aliphatic carboxylic acids is 1. The van der Waals surface area contributed by atoms with Gasteiger partial charge in [-0.2, -0.15) is 0 Å². The summed E-state index contributed by atoms with van der Waals surface area (Å²) in [6, 6.07) is 0. The minimum Gasteiger partial charge on any atom is -0.481 e. The Hall–Kier alpha value is -1.79. The maximum Gasteiger partial charge on any atom is 0.344 e. The number of carboxylic acids is 1. The molecule has 0 aliphatic carbocycles. The van der Waals surface area contributed by atoms with Crippen LogP contribution in [0.25, 0.3) is 0 Å². The van der Waals surface area contributed by atoms with Crippen LogP contribution in [-0.4, -0.2) is 25.8 Å². The van der Waals surface area contributed by atoms with Crippen LogP contribution < -0.4 is 11.4 Å². The molecule has 0 aliphatic rings. The molecule has 15 heavy (non-hydrogen) atoms. The topological polar surface area (TPSA) is 108 Å². The molecule has 0 aliphatic heterocycles. The van der Waals surface area contributed by atoms with E-state index in [-0.39, 0.29) is 6.42 Å². The number of unbranched alkanes of at least 4 members (excludes halogenated alkanes) is 2. The van der Waals surface area contributed by atoms with Crippen molar-refractivity contribution in [3.05, 3.63) is 21.0 Å². The van der Waals surface area contributed by atoms with Crippen LogP contribution >= 0.6 is 0 Å². The second-order valence-electron chi connectivity index (χ2n) is 3.22. The van der Waals surface area contributed by atoms with Gasteiger partial charge in [-0.15, -0.1) is 0 Å². The first-order valence-electron chi connectivity index (χ1n) is 4.70. The maximum absolute atomic E-state index is 11.0. The Morgan fingerprint density at radius 1 is 1.13 bits per heavy atom. The van der Waals surface area contributed by atoms with Crippen LogP contribution in [0.2, 0.25) is 0 Å². The number of H-pyrrole nitrogens is 2. The maximum atomic E-state index is 11.0. The van der Waals surface area contributed by atoms with Crippen LogP contribution in [0.3, 0.4) is 0 Å². The first-order chi connectivity index (χ1) is 7.11. The lowest BCUT2D eigenvalue weighted by Crippen LogP contribution is -2.26. The van der Waals surface area contributed by atoms with Crippen molar-refractivity contribution in [1.29, 1.82) is 0 Å². The second kappa shape index (κ2) is 5.18.